The summed E-state index contributed by atoms with van der Waals surface area (Å²) in [5.74, 6) is 0.123. The lowest BCUT2D eigenvalue weighted by Crippen LogP contribution is -2.21. The summed E-state index contributed by atoms with van der Waals surface area (Å²) in [6.45, 7) is 13.9. The minimum absolute atomic E-state index is 0.123. The molecule has 0 radical (unpaired) electrons. The summed E-state index contributed by atoms with van der Waals surface area (Å²) in [6, 6.07) is 1.77. The van der Waals surface area contributed by atoms with Gasteiger partial charge in [-0.2, -0.15) is 0 Å². The predicted molar refractivity (Wildman–Crippen MR) is 90.6 cm³/mol. The zero-order valence-electron chi connectivity index (χ0n) is 14.7. The Balaban J connectivity index is 3.85. The molecule has 0 unspecified atom stereocenters. The van der Waals surface area contributed by atoms with Crippen molar-refractivity contribution >= 4 is 7.60 Å². The van der Waals surface area contributed by atoms with E-state index in [0.717, 1.165) is 11.1 Å². The third kappa shape index (κ3) is 4.34. The van der Waals surface area contributed by atoms with Gasteiger partial charge in [0, 0.05) is 5.56 Å². The lowest BCUT2D eigenvalue weighted by Gasteiger charge is -2.31. The van der Waals surface area contributed by atoms with Crippen molar-refractivity contribution in [3.8, 4) is 5.75 Å². The highest BCUT2D eigenvalue weighted by Crippen LogP contribution is 2.47. The molecule has 0 heterocycles. The van der Waals surface area contributed by atoms with Crippen LogP contribution in [0.5, 0.6) is 5.75 Å². The number of benzene rings is 1. The number of phenols is 1. The van der Waals surface area contributed by atoms with Gasteiger partial charge in [-0.15, -0.1) is 0 Å². The normalized spacial score (nSPS) is 13.5. The van der Waals surface area contributed by atoms with E-state index in [4.69, 9.17) is 0 Å². The zero-order chi connectivity index (χ0) is 17.5. The van der Waals surface area contributed by atoms with Gasteiger partial charge in [-0.05, 0) is 40.0 Å². The van der Waals surface area contributed by atoms with Crippen LogP contribution in [0, 0.1) is 0 Å². The molecule has 0 spiro atoms. The molecule has 126 valence electrons. The molecule has 4 nitrogen and oxygen atoms in total. The quantitative estimate of drug-likeness (QED) is 0.726. The van der Waals surface area contributed by atoms with E-state index in [1.54, 1.807) is 6.07 Å². The molecule has 3 N–H and O–H groups in total. The van der Waals surface area contributed by atoms with Crippen LogP contribution in [0.2, 0.25) is 0 Å². The minimum Gasteiger partial charge on any atom is -0.508 e. The first-order valence-corrected chi connectivity index (χ1v) is 9.41. The molecule has 5 heteroatoms. The van der Waals surface area contributed by atoms with E-state index in [-0.39, 0.29) is 17.3 Å². The summed E-state index contributed by atoms with van der Waals surface area (Å²) < 4.78 is 11.6. The van der Waals surface area contributed by atoms with Gasteiger partial charge in [0.05, 0.1) is 6.16 Å². The summed E-state index contributed by atoms with van der Waals surface area (Å²) in [7, 11) is -4.23. The smallest absolute Gasteiger partial charge is 0.329 e. The van der Waals surface area contributed by atoms with Crippen molar-refractivity contribution in [1.82, 2.24) is 0 Å². The zero-order valence-corrected chi connectivity index (χ0v) is 15.6. The summed E-state index contributed by atoms with van der Waals surface area (Å²) in [5.41, 5.74) is 2.54. The number of rotatable bonds is 3. The summed E-state index contributed by atoms with van der Waals surface area (Å²) in [4.78, 5) is 19.0. The van der Waals surface area contributed by atoms with Crippen LogP contribution in [0.1, 0.15) is 70.7 Å². The van der Waals surface area contributed by atoms with Crippen LogP contribution >= 0.6 is 7.60 Å². The maximum absolute atomic E-state index is 11.6. The van der Waals surface area contributed by atoms with E-state index in [1.165, 1.54) is 0 Å². The lowest BCUT2D eigenvalue weighted by atomic mass is 9.75. The Hall–Kier alpha value is -0.830. The SMILES string of the molecule is CCc1c(C(C)(C)C)cc(O)c(C(C)(C)C)c1CP(=O)(O)O. The summed E-state index contributed by atoms with van der Waals surface area (Å²) in [5, 5.41) is 10.5. The van der Waals surface area contributed by atoms with Crippen molar-refractivity contribution < 1.29 is 19.5 Å². The molecule has 1 aromatic carbocycles. The van der Waals surface area contributed by atoms with Crippen LogP contribution in [0.25, 0.3) is 0 Å². The van der Waals surface area contributed by atoms with Crippen LogP contribution in [0.3, 0.4) is 0 Å². The molecular formula is C17H29O4P. The summed E-state index contributed by atoms with van der Waals surface area (Å²) >= 11 is 0. The van der Waals surface area contributed by atoms with Crippen molar-refractivity contribution in [3.63, 3.8) is 0 Å². The average Bonchev–Trinajstić information content (AvgIpc) is 2.22. The molecule has 1 aromatic rings. The van der Waals surface area contributed by atoms with Crippen LogP contribution in [-0.2, 0) is 28.0 Å². The maximum Gasteiger partial charge on any atom is 0.329 e. The molecule has 0 aliphatic heterocycles. The molecule has 0 saturated carbocycles. The Bertz CT molecular complexity index is 601. The highest BCUT2D eigenvalue weighted by Gasteiger charge is 2.31. The highest BCUT2D eigenvalue weighted by molar-refractivity contribution is 7.50. The van der Waals surface area contributed by atoms with E-state index >= 15 is 0 Å². The standard InChI is InChI=1S/C17H29O4P/c1-8-11-12(10-22(19,20)21)15(17(5,6)7)14(18)9-13(11)16(2,3)4/h9,18H,8,10H2,1-7H3,(H2,19,20,21). The van der Waals surface area contributed by atoms with Crippen molar-refractivity contribution in [2.75, 3.05) is 0 Å². The average molecular weight is 328 g/mol. The van der Waals surface area contributed by atoms with Crippen LogP contribution in [-0.4, -0.2) is 14.9 Å². The van der Waals surface area contributed by atoms with Gasteiger partial charge in [-0.25, -0.2) is 0 Å². The minimum atomic E-state index is -4.23. The summed E-state index contributed by atoms with van der Waals surface area (Å²) in [6.07, 6.45) is 0.339. The molecule has 0 fully saturated rings. The first-order chi connectivity index (χ1) is 9.68. The van der Waals surface area contributed by atoms with Crippen molar-refractivity contribution in [1.29, 1.82) is 0 Å². The Morgan fingerprint density at radius 1 is 1.00 bits per heavy atom. The molecule has 0 bridgehead atoms. The maximum atomic E-state index is 11.6. The third-order valence-corrected chi connectivity index (χ3v) is 4.53. The third-order valence-electron chi connectivity index (χ3n) is 3.80. The molecule has 0 amide bonds. The van der Waals surface area contributed by atoms with Gasteiger partial charge in [0.15, 0.2) is 0 Å². The van der Waals surface area contributed by atoms with Gasteiger partial charge >= 0.3 is 7.60 Å². The first kappa shape index (κ1) is 19.2. The Morgan fingerprint density at radius 2 is 1.50 bits per heavy atom. The topological polar surface area (TPSA) is 77.8 Å². The van der Waals surface area contributed by atoms with Gasteiger partial charge in [-0.1, -0.05) is 48.5 Å². The molecular weight excluding hydrogens is 299 g/mol. The van der Waals surface area contributed by atoms with E-state index in [9.17, 15) is 19.5 Å². The molecule has 22 heavy (non-hydrogen) atoms. The fraction of sp³-hybridized carbons (Fsp3) is 0.647. The van der Waals surface area contributed by atoms with Gasteiger partial charge in [0.2, 0.25) is 0 Å². The van der Waals surface area contributed by atoms with Gasteiger partial charge < -0.3 is 14.9 Å². The van der Waals surface area contributed by atoms with E-state index < -0.39 is 13.0 Å². The fourth-order valence-electron chi connectivity index (χ4n) is 3.05. The Kier molecular flexibility index (Phi) is 5.23. The van der Waals surface area contributed by atoms with Crippen molar-refractivity contribution in [3.05, 3.63) is 28.3 Å². The fourth-order valence-corrected chi connectivity index (χ4v) is 3.82. The van der Waals surface area contributed by atoms with Crippen LogP contribution in [0.4, 0.5) is 0 Å². The Labute approximate surface area is 133 Å². The second kappa shape index (κ2) is 5.99. The van der Waals surface area contributed by atoms with E-state index in [2.05, 4.69) is 0 Å². The number of hydrogen-bond donors (Lipinski definition) is 3. The lowest BCUT2D eigenvalue weighted by molar-refractivity contribution is 0.370. The first-order valence-electron chi connectivity index (χ1n) is 7.61. The molecule has 0 aliphatic rings. The largest absolute Gasteiger partial charge is 0.508 e. The molecule has 0 aromatic heterocycles. The van der Waals surface area contributed by atoms with E-state index in [1.807, 2.05) is 48.5 Å². The molecule has 0 atom stereocenters. The number of aromatic hydroxyl groups is 1. The van der Waals surface area contributed by atoms with Gasteiger partial charge in [-0.3, -0.25) is 4.57 Å². The van der Waals surface area contributed by atoms with Gasteiger partial charge in [0.25, 0.3) is 0 Å². The van der Waals surface area contributed by atoms with Crippen LogP contribution < -0.4 is 0 Å². The van der Waals surface area contributed by atoms with Crippen molar-refractivity contribution in [2.24, 2.45) is 0 Å². The molecule has 0 aliphatic carbocycles. The second-order valence-electron chi connectivity index (χ2n) is 7.95. The second-order valence-corrected chi connectivity index (χ2v) is 9.60. The monoisotopic (exact) mass is 328 g/mol. The predicted octanol–water partition coefficient (Wildman–Crippen LogP) is 4.23. The Morgan fingerprint density at radius 3 is 1.82 bits per heavy atom. The van der Waals surface area contributed by atoms with Crippen LogP contribution in [0.15, 0.2) is 6.07 Å². The van der Waals surface area contributed by atoms with Crippen molar-refractivity contribution in [2.45, 2.75) is 71.9 Å². The number of phenolic OH excluding ortho intramolecular Hbond substituents is 1. The van der Waals surface area contributed by atoms with E-state index in [0.29, 0.717) is 17.5 Å². The van der Waals surface area contributed by atoms with Gasteiger partial charge in [0.1, 0.15) is 5.75 Å². The molecule has 0 saturated heterocycles. The molecule has 1 rings (SSSR count). The number of hydrogen-bond acceptors (Lipinski definition) is 2. The highest BCUT2D eigenvalue weighted by atomic mass is 31.2.